The Balaban J connectivity index is 2.22. The Morgan fingerprint density at radius 2 is 2.15 bits per heavy atom. The first-order valence-corrected chi connectivity index (χ1v) is 7.16. The Hall–Kier alpha value is -2.07. The zero-order chi connectivity index (χ0) is 13.9. The van der Waals surface area contributed by atoms with E-state index in [-0.39, 0.29) is 5.92 Å². The first-order valence-electron chi connectivity index (χ1n) is 6.35. The predicted molar refractivity (Wildman–Crippen MR) is 82.7 cm³/mol. The Bertz CT molecular complexity index is 791. The number of nitrogens with zero attached hydrogens (tertiary/aromatic N) is 2. The third-order valence-electron chi connectivity index (χ3n) is 3.30. The quantitative estimate of drug-likeness (QED) is 0.631. The molecule has 0 aliphatic heterocycles. The number of fused-ring (bicyclic) bond motifs is 3. The number of benzene rings is 1. The largest absolute Gasteiger partial charge is 0.239 e. The highest BCUT2D eigenvalue weighted by atomic mass is 32.1. The van der Waals surface area contributed by atoms with Crippen molar-refractivity contribution in [2.75, 3.05) is 0 Å². The average Bonchev–Trinajstić information content (AvgIpc) is 2.87. The van der Waals surface area contributed by atoms with Crippen LogP contribution in [0.2, 0.25) is 0 Å². The van der Waals surface area contributed by atoms with Crippen LogP contribution in [0.1, 0.15) is 18.0 Å². The summed E-state index contributed by atoms with van der Waals surface area (Å²) in [6, 6.07) is 8.17. The van der Waals surface area contributed by atoms with Crippen LogP contribution in [0.3, 0.4) is 0 Å². The van der Waals surface area contributed by atoms with E-state index < -0.39 is 0 Å². The minimum Gasteiger partial charge on any atom is -0.239 e. The van der Waals surface area contributed by atoms with E-state index in [1.165, 1.54) is 10.8 Å². The van der Waals surface area contributed by atoms with Gasteiger partial charge in [0.25, 0.3) is 0 Å². The van der Waals surface area contributed by atoms with Crippen LogP contribution >= 0.6 is 11.3 Å². The van der Waals surface area contributed by atoms with Crippen molar-refractivity contribution in [2.24, 2.45) is 0 Å². The van der Waals surface area contributed by atoms with E-state index in [9.17, 15) is 4.39 Å². The summed E-state index contributed by atoms with van der Waals surface area (Å²) in [5, 5.41) is 1.14. The van der Waals surface area contributed by atoms with E-state index >= 15 is 0 Å². The van der Waals surface area contributed by atoms with Crippen LogP contribution in [0.5, 0.6) is 0 Å². The van der Waals surface area contributed by atoms with E-state index in [4.69, 9.17) is 0 Å². The minimum atomic E-state index is 0.000521. The Kier molecular flexibility index (Phi) is 3.56. The number of hydrogen-bond acceptors (Lipinski definition) is 3. The van der Waals surface area contributed by atoms with Crippen LogP contribution in [0.25, 0.3) is 20.3 Å². The van der Waals surface area contributed by atoms with Gasteiger partial charge in [0.1, 0.15) is 6.33 Å². The van der Waals surface area contributed by atoms with Gasteiger partial charge in [-0.05, 0) is 12.5 Å². The van der Waals surface area contributed by atoms with Crippen LogP contribution in [0.4, 0.5) is 4.39 Å². The van der Waals surface area contributed by atoms with Crippen molar-refractivity contribution in [3.63, 3.8) is 0 Å². The van der Waals surface area contributed by atoms with Crippen molar-refractivity contribution < 1.29 is 4.39 Å². The maximum absolute atomic E-state index is 12.2. The van der Waals surface area contributed by atoms with Gasteiger partial charge < -0.3 is 0 Å². The molecule has 4 heteroatoms. The fraction of sp³-hybridized carbons (Fsp3) is 0.125. The number of hydrogen-bond donors (Lipinski definition) is 0. The highest BCUT2D eigenvalue weighted by Gasteiger charge is 2.16. The zero-order valence-electron chi connectivity index (χ0n) is 10.8. The summed E-state index contributed by atoms with van der Waals surface area (Å²) in [5.41, 5.74) is 1.89. The fourth-order valence-corrected chi connectivity index (χ4v) is 3.53. The molecule has 0 saturated heterocycles. The summed E-state index contributed by atoms with van der Waals surface area (Å²) in [7, 11) is 0. The normalized spacial score (nSPS) is 13.2. The van der Waals surface area contributed by atoms with Crippen LogP contribution in [0.15, 0.2) is 55.7 Å². The Morgan fingerprint density at radius 1 is 1.30 bits per heavy atom. The van der Waals surface area contributed by atoms with Crippen molar-refractivity contribution in [3.8, 4) is 0 Å². The molecule has 0 aliphatic rings. The molecule has 0 N–H and O–H groups in total. The van der Waals surface area contributed by atoms with E-state index in [0.717, 1.165) is 21.3 Å². The molecule has 0 amide bonds. The lowest BCUT2D eigenvalue weighted by Gasteiger charge is -2.09. The molecule has 1 aromatic carbocycles. The smallest absolute Gasteiger partial charge is 0.116 e. The molecule has 0 bridgehead atoms. The Morgan fingerprint density at radius 3 is 2.95 bits per heavy atom. The molecule has 1 atom stereocenters. The standard InChI is InChI=1S/C16H13FN2S/c1-2-11(6-5-9-17)14-16-15(19-10-18-14)12-7-3-4-8-13(12)20-16/h2-5,7-11H,1,6H2/b9-5+. The molecule has 1 unspecified atom stereocenters. The molecule has 0 saturated carbocycles. The maximum Gasteiger partial charge on any atom is 0.116 e. The van der Waals surface area contributed by atoms with Gasteiger partial charge in [0.2, 0.25) is 0 Å². The summed E-state index contributed by atoms with van der Waals surface area (Å²) >= 11 is 1.67. The van der Waals surface area contributed by atoms with Crippen molar-refractivity contribution in [2.45, 2.75) is 12.3 Å². The summed E-state index contributed by atoms with van der Waals surface area (Å²) in [5.74, 6) is 0.000521. The maximum atomic E-state index is 12.2. The predicted octanol–water partition coefficient (Wildman–Crippen LogP) is 4.99. The molecule has 20 heavy (non-hydrogen) atoms. The van der Waals surface area contributed by atoms with Gasteiger partial charge in [0, 0.05) is 16.0 Å². The van der Waals surface area contributed by atoms with Gasteiger partial charge in [0.15, 0.2) is 0 Å². The SMILES string of the molecule is C=CC(C/C=C/F)c1ncnc2c1sc1ccccc12. The summed E-state index contributed by atoms with van der Waals surface area (Å²) in [6.45, 7) is 3.84. The molecule has 0 radical (unpaired) electrons. The first-order chi connectivity index (χ1) is 9.85. The lowest BCUT2D eigenvalue weighted by atomic mass is 10.0. The third-order valence-corrected chi connectivity index (χ3v) is 4.48. The molecule has 2 heterocycles. The molecule has 2 aromatic heterocycles. The summed E-state index contributed by atoms with van der Waals surface area (Å²) in [4.78, 5) is 8.80. The number of aromatic nitrogens is 2. The zero-order valence-corrected chi connectivity index (χ0v) is 11.6. The van der Waals surface area contributed by atoms with Crippen LogP contribution in [-0.2, 0) is 0 Å². The second-order valence-electron chi connectivity index (χ2n) is 4.47. The van der Waals surface area contributed by atoms with Crippen molar-refractivity contribution >= 4 is 31.6 Å². The number of allylic oxidation sites excluding steroid dienone is 2. The van der Waals surface area contributed by atoms with Crippen molar-refractivity contribution in [3.05, 3.63) is 61.3 Å². The van der Waals surface area contributed by atoms with Gasteiger partial charge in [-0.25, -0.2) is 14.4 Å². The van der Waals surface area contributed by atoms with Crippen molar-refractivity contribution in [1.29, 1.82) is 0 Å². The van der Waals surface area contributed by atoms with Crippen molar-refractivity contribution in [1.82, 2.24) is 9.97 Å². The van der Waals surface area contributed by atoms with E-state index in [1.807, 2.05) is 18.2 Å². The second-order valence-corrected chi connectivity index (χ2v) is 5.53. The topological polar surface area (TPSA) is 25.8 Å². The molecular formula is C16H13FN2S. The number of thiophene rings is 1. The van der Waals surface area contributed by atoms with Crippen LogP contribution < -0.4 is 0 Å². The molecule has 0 spiro atoms. The summed E-state index contributed by atoms with van der Waals surface area (Å²) < 4.78 is 14.5. The molecule has 0 aliphatic carbocycles. The number of halogens is 1. The van der Waals surface area contributed by atoms with Gasteiger partial charge >= 0.3 is 0 Å². The molecule has 100 valence electrons. The molecule has 2 nitrogen and oxygen atoms in total. The average molecular weight is 284 g/mol. The lowest BCUT2D eigenvalue weighted by Crippen LogP contribution is -1.98. The highest BCUT2D eigenvalue weighted by molar-refractivity contribution is 7.25. The van der Waals surface area contributed by atoms with Gasteiger partial charge in [-0.3, -0.25) is 0 Å². The monoisotopic (exact) mass is 284 g/mol. The number of rotatable bonds is 4. The van der Waals surface area contributed by atoms with E-state index in [2.05, 4.69) is 28.7 Å². The summed E-state index contributed by atoms with van der Waals surface area (Å²) in [6.07, 6.45) is 6.01. The fourth-order valence-electron chi connectivity index (χ4n) is 2.32. The van der Waals surface area contributed by atoms with Crippen LogP contribution in [-0.4, -0.2) is 9.97 Å². The van der Waals surface area contributed by atoms with Crippen LogP contribution in [0, 0.1) is 0 Å². The van der Waals surface area contributed by atoms with Gasteiger partial charge in [-0.1, -0.05) is 30.4 Å². The molecule has 0 fully saturated rings. The third kappa shape index (κ3) is 2.12. The Labute approximate surface area is 120 Å². The van der Waals surface area contributed by atoms with E-state index in [1.54, 1.807) is 17.7 Å². The van der Waals surface area contributed by atoms with Gasteiger partial charge in [-0.15, -0.1) is 17.9 Å². The van der Waals surface area contributed by atoms with E-state index in [0.29, 0.717) is 12.8 Å². The molecule has 3 rings (SSSR count). The second kappa shape index (κ2) is 5.51. The molecular weight excluding hydrogens is 271 g/mol. The van der Waals surface area contributed by atoms with Gasteiger partial charge in [-0.2, -0.15) is 0 Å². The first kappa shape index (κ1) is 12.9. The minimum absolute atomic E-state index is 0.000521. The highest BCUT2D eigenvalue weighted by Crippen LogP contribution is 2.36. The molecule has 3 aromatic rings. The lowest BCUT2D eigenvalue weighted by molar-refractivity contribution is 0.706. The van der Waals surface area contributed by atoms with Gasteiger partial charge in [0.05, 0.1) is 22.2 Å².